The molecule has 0 unspecified atom stereocenters. The Morgan fingerprint density at radius 2 is 1.81 bits per heavy atom. The number of nitrogens with one attached hydrogen (secondary N) is 2. The summed E-state index contributed by atoms with van der Waals surface area (Å²) in [7, 11) is 0. The smallest absolute Gasteiger partial charge is 0.321 e. The predicted molar refractivity (Wildman–Crippen MR) is 97.6 cm³/mol. The van der Waals surface area contributed by atoms with Gasteiger partial charge in [-0.3, -0.25) is 9.69 Å². The third-order valence-corrected chi connectivity index (χ3v) is 3.88. The van der Waals surface area contributed by atoms with Crippen LogP contribution >= 0.6 is 0 Å². The van der Waals surface area contributed by atoms with Gasteiger partial charge in [-0.1, -0.05) is 11.8 Å². The number of benzene rings is 2. The summed E-state index contributed by atoms with van der Waals surface area (Å²) in [5, 5.41) is 14.2. The minimum absolute atomic E-state index is 0.0886. The molecule has 0 atom stereocenters. The summed E-state index contributed by atoms with van der Waals surface area (Å²) < 4.78 is 0. The molecule has 0 saturated carbocycles. The van der Waals surface area contributed by atoms with Gasteiger partial charge in [-0.05, 0) is 48.5 Å². The number of carbonyl (C=O) groups excluding carboxylic acids is 2. The van der Waals surface area contributed by atoms with Gasteiger partial charge in [0.1, 0.15) is 0 Å². The van der Waals surface area contributed by atoms with Crippen LogP contribution in [0.4, 0.5) is 10.5 Å². The topological polar surface area (TPSA) is 85.2 Å². The Bertz CT molecular complexity index is 916. The highest BCUT2D eigenvalue weighted by Crippen LogP contribution is 2.16. The fourth-order valence-corrected chi connectivity index (χ4v) is 2.51. The minimum atomic E-state index is -0.237. The number of carbonyl (C=O) groups is 2. The predicted octanol–water partition coefficient (Wildman–Crippen LogP) is 1.87. The summed E-state index contributed by atoms with van der Waals surface area (Å²) in [4.78, 5) is 25.3. The quantitative estimate of drug-likeness (QED) is 0.834. The number of urea groups is 1. The number of amides is 3. The second-order valence-corrected chi connectivity index (χ2v) is 5.60. The molecule has 26 heavy (non-hydrogen) atoms. The molecule has 1 saturated heterocycles. The molecule has 0 aliphatic carbocycles. The van der Waals surface area contributed by atoms with Crippen LogP contribution in [0.1, 0.15) is 21.5 Å². The first-order valence-electron chi connectivity index (χ1n) is 8.10. The molecule has 3 rings (SSSR count). The summed E-state index contributed by atoms with van der Waals surface area (Å²) in [6, 6.07) is 15.7. The van der Waals surface area contributed by atoms with Crippen LogP contribution in [-0.4, -0.2) is 31.6 Å². The van der Waals surface area contributed by atoms with E-state index in [1.54, 1.807) is 29.2 Å². The largest absolute Gasteiger partial charge is 0.341 e. The maximum atomic E-state index is 12.0. The van der Waals surface area contributed by atoms with Crippen LogP contribution in [0.2, 0.25) is 0 Å². The fraction of sp³-hybridized carbons (Fsp3) is 0.150. The van der Waals surface area contributed by atoms with E-state index < -0.39 is 0 Å². The van der Waals surface area contributed by atoms with Gasteiger partial charge in [0.25, 0.3) is 5.91 Å². The van der Waals surface area contributed by atoms with Gasteiger partial charge < -0.3 is 10.6 Å². The summed E-state index contributed by atoms with van der Waals surface area (Å²) >= 11 is 0. The van der Waals surface area contributed by atoms with Gasteiger partial charge in [0, 0.05) is 29.9 Å². The molecule has 6 nitrogen and oxygen atoms in total. The molecule has 1 aliphatic rings. The second kappa shape index (κ2) is 7.87. The van der Waals surface area contributed by atoms with Crippen LogP contribution < -0.4 is 15.5 Å². The lowest BCUT2D eigenvalue weighted by molar-refractivity contribution is 0.0958. The molecule has 1 aliphatic heterocycles. The molecule has 128 valence electrons. The van der Waals surface area contributed by atoms with Crippen LogP contribution in [0, 0.1) is 23.2 Å². The van der Waals surface area contributed by atoms with Gasteiger partial charge in [0.2, 0.25) is 0 Å². The van der Waals surface area contributed by atoms with Crippen molar-refractivity contribution in [2.75, 3.05) is 24.5 Å². The molecule has 0 spiro atoms. The third-order valence-electron chi connectivity index (χ3n) is 3.88. The van der Waals surface area contributed by atoms with Gasteiger partial charge in [-0.15, -0.1) is 0 Å². The SMILES string of the molecule is N#Cc1ccc(C(=O)NCC#Cc2ccc(N3CCNC3=O)cc2)cc1. The van der Waals surface area contributed by atoms with Crippen LogP contribution in [0.25, 0.3) is 0 Å². The minimum Gasteiger partial charge on any atom is -0.341 e. The molecule has 3 amide bonds. The molecule has 0 radical (unpaired) electrons. The Hall–Kier alpha value is -3.77. The van der Waals surface area contributed by atoms with E-state index >= 15 is 0 Å². The van der Waals surface area contributed by atoms with Crippen LogP contribution in [0.3, 0.4) is 0 Å². The van der Waals surface area contributed by atoms with Crippen molar-refractivity contribution >= 4 is 17.6 Å². The highest BCUT2D eigenvalue weighted by atomic mass is 16.2. The van der Waals surface area contributed by atoms with E-state index in [9.17, 15) is 9.59 Å². The second-order valence-electron chi connectivity index (χ2n) is 5.60. The first kappa shape index (κ1) is 17.1. The van der Waals surface area contributed by atoms with Gasteiger partial charge in [-0.2, -0.15) is 5.26 Å². The van der Waals surface area contributed by atoms with Crippen molar-refractivity contribution in [1.29, 1.82) is 5.26 Å². The Balaban J connectivity index is 1.53. The number of hydrogen-bond acceptors (Lipinski definition) is 3. The average molecular weight is 344 g/mol. The van der Waals surface area contributed by atoms with E-state index in [0.29, 0.717) is 24.2 Å². The first-order chi connectivity index (χ1) is 12.7. The number of nitrogens with zero attached hydrogens (tertiary/aromatic N) is 2. The molecular weight excluding hydrogens is 328 g/mol. The van der Waals surface area contributed by atoms with Gasteiger partial charge in [0.05, 0.1) is 18.2 Å². The molecule has 0 aromatic heterocycles. The average Bonchev–Trinajstić information content (AvgIpc) is 3.11. The van der Waals surface area contributed by atoms with E-state index in [1.807, 2.05) is 30.3 Å². The zero-order valence-electron chi connectivity index (χ0n) is 14.0. The maximum Gasteiger partial charge on any atom is 0.321 e. The standard InChI is InChI=1S/C20H16N4O2/c21-14-16-3-7-17(8-4-16)19(25)22-11-1-2-15-5-9-18(10-6-15)24-13-12-23-20(24)26/h3-10H,11-13H2,(H,22,25)(H,23,26). The van der Waals surface area contributed by atoms with E-state index in [-0.39, 0.29) is 18.5 Å². The van der Waals surface area contributed by atoms with Crippen molar-refractivity contribution in [3.05, 3.63) is 65.2 Å². The van der Waals surface area contributed by atoms with Gasteiger partial charge >= 0.3 is 6.03 Å². The normalized spacial score (nSPS) is 12.6. The molecular formula is C20H16N4O2. The van der Waals surface area contributed by atoms with Crippen LogP contribution in [-0.2, 0) is 0 Å². The zero-order chi connectivity index (χ0) is 18.4. The Labute approximate surface area is 151 Å². The lowest BCUT2D eigenvalue weighted by Gasteiger charge is -2.13. The summed E-state index contributed by atoms with van der Waals surface area (Å²) in [6.07, 6.45) is 0. The van der Waals surface area contributed by atoms with Crippen molar-refractivity contribution in [3.8, 4) is 17.9 Å². The van der Waals surface area contributed by atoms with Crippen molar-refractivity contribution in [1.82, 2.24) is 10.6 Å². The highest BCUT2D eigenvalue weighted by Gasteiger charge is 2.20. The molecule has 1 fully saturated rings. The summed E-state index contributed by atoms with van der Waals surface area (Å²) in [5.41, 5.74) is 2.64. The van der Waals surface area contributed by atoms with Crippen molar-refractivity contribution in [3.63, 3.8) is 0 Å². The highest BCUT2D eigenvalue weighted by molar-refractivity contribution is 5.94. The van der Waals surface area contributed by atoms with Gasteiger partial charge in [0.15, 0.2) is 0 Å². The maximum absolute atomic E-state index is 12.0. The molecule has 2 N–H and O–H groups in total. The Kier molecular flexibility index (Phi) is 5.16. The monoisotopic (exact) mass is 344 g/mol. The molecule has 1 heterocycles. The van der Waals surface area contributed by atoms with Crippen LogP contribution in [0.15, 0.2) is 48.5 Å². The van der Waals surface area contributed by atoms with Crippen molar-refractivity contribution in [2.24, 2.45) is 0 Å². The molecule has 2 aromatic carbocycles. The number of anilines is 1. The number of rotatable bonds is 3. The van der Waals surface area contributed by atoms with Crippen molar-refractivity contribution < 1.29 is 9.59 Å². The number of nitriles is 1. The van der Waals surface area contributed by atoms with Crippen molar-refractivity contribution in [2.45, 2.75) is 0 Å². The van der Waals surface area contributed by atoms with Crippen LogP contribution in [0.5, 0.6) is 0 Å². The van der Waals surface area contributed by atoms with E-state index in [4.69, 9.17) is 5.26 Å². The number of hydrogen-bond donors (Lipinski definition) is 2. The van der Waals surface area contributed by atoms with E-state index in [0.717, 1.165) is 11.3 Å². The Morgan fingerprint density at radius 3 is 2.42 bits per heavy atom. The lowest BCUT2D eigenvalue weighted by atomic mass is 10.1. The van der Waals surface area contributed by atoms with E-state index in [1.165, 1.54) is 0 Å². The Morgan fingerprint density at radius 1 is 1.12 bits per heavy atom. The fourth-order valence-electron chi connectivity index (χ4n) is 2.51. The lowest BCUT2D eigenvalue weighted by Crippen LogP contribution is -2.27. The first-order valence-corrected chi connectivity index (χ1v) is 8.10. The summed E-state index contributed by atoms with van der Waals surface area (Å²) in [6.45, 7) is 1.53. The molecule has 2 aromatic rings. The van der Waals surface area contributed by atoms with Gasteiger partial charge in [-0.25, -0.2) is 4.79 Å². The molecule has 0 bridgehead atoms. The third kappa shape index (κ3) is 4.00. The van der Waals surface area contributed by atoms with E-state index in [2.05, 4.69) is 22.5 Å². The summed E-state index contributed by atoms with van der Waals surface area (Å²) in [5.74, 6) is 5.63. The zero-order valence-corrected chi connectivity index (χ0v) is 14.0. The molecule has 6 heteroatoms.